The minimum atomic E-state index is -1.33. The molecule has 4 rings (SSSR count). The van der Waals surface area contributed by atoms with Crippen LogP contribution in [0.2, 0.25) is 0 Å². The van der Waals surface area contributed by atoms with E-state index in [-0.39, 0.29) is 32.3 Å². The number of aliphatic carboxylic acids is 1. The fourth-order valence-corrected chi connectivity index (χ4v) is 4.40. The molecule has 1 aliphatic rings. The highest BCUT2D eigenvalue weighted by atomic mass is 16.6. The first-order chi connectivity index (χ1) is 20.4. The number of benzene rings is 2. The first kappa shape index (κ1) is 30.0. The lowest BCUT2D eigenvalue weighted by Gasteiger charge is -2.24. The number of carbonyl (C=O) groups is 4. The van der Waals surface area contributed by atoms with Crippen molar-refractivity contribution in [1.29, 1.82) is 0 Å². The number of rotatable bonds is 13. The number of nitrogens with zero attached hydrogens (tertiary/aromatic N) is 2. The lowest BCUT2D eigenvalue weighted by Crippen LogP contribution is -2.49. The van der Waals surface area contributed by atoms with Gasteiger partial charge in [-0.25, -0.2) is 14.6 Å². The maximum atomic E-state index is 13.0. The Morgan fingerprint density at radius 3 is 2.38 bits per heavy atom. The molecule has 0 radical (unpaired) electrons. The molecular weight excluding hydrogens is 542 g/mol. The first-order valence-electron chi connectivity index (χ1n) is 13.5. The standard InChI is InChI=1S/C30H33N5O7/c36-27(33-17-25(29(38)39)34-28(37)22-11-5-2-6-12-22)20-41-24-15-23(16-32-26-13-7-8-14-31-26)35(18-24)30(40)42-19-21-9-3-1-4-10-21/h1-14,23-25H,15-20H2,(H,31,32)(H,33,36)(H,34,37)(H,38,39)/t23-,24+,25-/m0/s1. The number of carboxylic acid groups (broad SMARTS) is 1. The summed E-state index contributed by atoms with van der Waals surface area (Å²) >= 11 is 0. The van der Waals surface area contributed by atoms with Crippen LogP contribution in [0.3, 0.4) is 0 Å². The van der Waals surface area contributed by atoms with Crippen molar-refractivity contribution in [3.8, 4) is 0 Å². The van der Waals surface area contributed by atoms with E-state index in [1.807, 2.05) is 42.5 Å². The Hall–Kier alpha value is -4.97. The lowest BCUT2D eigenvalue weighted by atomic mass is 10.2. The predicted molar refractivity (Wildman–Crippen MR) is 153 cm³/mol. The molecule has 1 saturated heterocycles. The summed E-state index contributed by atoms with van der Waals surface area (Å²) in [5.74, 6) is -1.75. The Balaban J connectivity index is 1.28. The largest absolute Gasteiger partial charge is 0.480 e. The Morgan fingerprint density at radius 1 is 0.976 bits per heavy atom. The Kier molecular flexibility index (Phi) is 10.8. The van der Waals surface area contributed by atoms with Crippen LogP contribution in [0.5, 0.6) is 0 Å². The summed E-state index contributed by atoms with van der Waals surface area (Å²) in [4.78, 5) is 55.3. The van der Waals surface area contributed by atoms with Crippen LogP contribution in [0.15, 0.2) is 85.1 Å². The number of aromatic nitrogens is 1. The van der Waals surface area contributed by atoms with Crippen molar-refractivity contribution >= 4 is 29.7 Å². The zero-order valence-electron chi connectivity index (χ0n) is 22.8. The van der Waals surface area contributed by atoms with Crippen LogP contribution in [0.4, 0.5) is 10.6 Å². The molecule has 220 valence electrons. The molecule has 1 aliphatic heterocycles. The van der Waals surface area contributed by atoms with Gasteiger partial charge in [0.1, 0.15) is 25.1 Å². The molecule has 2 heterocycles. The number of hydrogen-bond acceptors (Lipinski definition) is 8. The number of anilines is 1. The molecule has 0 saturated carbocycles. The van der Waals surface area contributed by atoms with Crippen LogP contribution in [-0.2, 0) is 25.7 Å². The van der Waals surface area contributed by atoms with Gasteiger partial charge in [0.25, 0.3) is 5.91 Å². The second-order valence-electron chi connectivity index (χ2n) is 9.65. The highest BCUT2D eigenvalue weighted by molar-refractivity contribution is 5.96. The molecule has 1 aromatic heterocycles. The van der Waals surface area contributed by atoms with E-state index in [0.717, 1.165) is 5.56 Å². The minimum absolute atomic E-state index is 0.121. The van der Waals surface area contributed by atoms with Crippen LogP contribution in [-0.4, -0.2) is 83.3 Å². The van der Waals surface area contributed by atoms with E-state index in [2.05, 4.69) is 20.9 Å². The molecule has 1 fully saturated rings. The van der Waals surface area contributed by atoms with Gasteiger partial charge in [0, 0.05) is 24.8 Å². The van der Waals surface area contributed by atoms with Crippen LogP contribution in [0, 0.1) is 0 Å². The molecule has 0 spiro atoms. The minimum Gasteiger partial charge on any atom is -0.480 e. The van der Waals surface area contributed by atoms with Crippen molar-refractivity contribution in [3.05, 3.63) is 96.2 Å². The van der Waals surface area contributed by atoms with E-state index in [1.165, 1.54) is 0 Å². The van der Waals surface area contributed by atoms with Crippen LogP contribution in [0.25, 0.3) is 0 Å². The van der Waals surface area contributed by atoms with E-state index in [0.29, 0.717) is 24.3 Å². The molecule has 12 nitrogen and oxygen atoms in total. The molecule has 3 atom stereocenters. The predicted octanol–water partition coefficient (Wildman–Crippen LogP) is 2.29. The average Bonchev–Trinajstić information content (AvgIpc) is 3.44. The SMILES string of the molecule is O=C(CO[C@@H]1C[C@@H](CNc2ccccn2)N(C(=O)OCc2ccccc2)C1)NC[C@H](NC(=O)c1ccccc1)C(=O)O. The van der Waals surface area contributed by atoms with Gasteiger partial charge in [-0.1, -0.05) is 54.6 Å². The van der Waals surface area contributed by atoms with Gasteiger partial charge in [-0.15, -0.1) is 0 Å². The Morgan fingerprint density at radius 2 is 1.69 bits per heavy atom. The molecule has 3 aromatic rings. The van der Waals surface area contributed by atoms with Gasteiger partial charge in [-0.3, -0.25) is 9.59 Å². The smallest absolute Gasteiger partial charge is 0.410 e. The summed E-state index contributed by atoms with van der Waals surface area (Å²) in [6, 6.07) is 21.4. The molecule has 0 aliphatic carbocycles. The van der Waals surface area contributed by atoms with Gasteiger partial charge in [0.05, 0.1) is 18.7 Å². The summed E-state index contributed by atoms with van der Waals surface area (Å²) in [5.41, 5.74) is 1.16. The molecule has 0 bridgehead atoms. The molecule has 2 aromatic carbocycles. The molecule has 42 heavy (non-hydrogen) atoms. The highest BCUT2D eigenvalue weighted by Crippen LogP contribution is 2.22. The molecule has 4 N–H and O–H groups in total. The van der Waals surface area contributed by atoms with Gasteiger partial charge in [0.2, 0.25) is 5.91 Å². The van der Waals surface area contributed by atoms with Crippen molar-refractivity contribution in [3.63, 3.8) is 0 Å². The molecular formula is C30H33N5O7. The van der Waals surface area contributed by atoms with Crippen LogP contribution < -0.4 is 16.0 Å². The second-order valence-corrected chi connectivity index (χ2v) is 9.65. The molecule has 0 unspecified atom stereocenters. The summed E-state index contributed by atoms with van der Waals surface area (Å²) in [5, 5.41) is 17.6. The van der Waals surface area contributed by atoms with Crippen LogP contribution >= 0.6 is 0 Å². The normalized spacial score (nSPS) is 16.7. The third kappa shape index (κ3) is 9.03. The van der Waals surface area contributed by atoms with Gasteiger partial charge in [0.15, 0.2) is 0 Å². The van der Waals surface area contributed by atoms with Crippen molar-refractivity contribution in [2.45, 2.75) is 31.2 Å². The van der Waals surface area contributed by atoms with E-state index in [4.69, 9.17) is 9.47 Å². The molecule has 3 amide bonds. The summed E-state index contributed by atoms with van der Waals surface area (Å²) < 4.78 is 11.3. The number of hydrogen-bond donors (Lipinski definition) is 4. The van der Waals surface area contributed by atoms with Crippen molar-refractivity contribution in [1.82, 2.24) is 20.5 Å². The average molecular weight is 576 g/mol. The summed E-state index contributed by atoms with van der Waals surface area (Å²) in [7, 11) is 0. The number of likely N-dealkylation sites (tertiary alicyclic amines) is 1. The quantitative estimate of drug-likeness (QED) is 0.240. The van der Waals surface area contributed by atoms with E-state index >= 15 is 0 Å². The van der Waals surface area contributed by atoms with Crippen LogP contribution in [0.1, 0.15) is 22.3 Å². The zero-order valence-corrected chi connectivity index (χ0v) is 22.8. The number of nitrogens with one attached hydrogen (secondary N) is 3. The Bertz CT molecular complexity index is 1330. The summed E-state index contributed by atoms with van der Waals surface area (Å²) in [6.07, 6.45) is 1.15. The number of carboxylic acids is 1. The number of ether oxygens (including phenoxy) is 2. The zero-order chi connectivity index (χ0) is 29.7. The number of amides is 3. The topological polar surface area (TPSA) is 159 Å². The fraction of sp³-hybridized carbons (Fsp3) is 0.300. The third-order valence-corrected chi connectivity index (χ3v) is 6.59. The first-order valence-corrected chi connectivity index (χ1v) is 13.5. The number of carbonyl (C=O) groups excluding carboxylic acids is 3. The molecule has 12 heteroatoms. The van der Waals surface area contributed by atoms with Crippen molar-refractivity contribution in [2.24, 2.45) is 0 Å². The maximum absolute atomic E-state index is 13.0. The van der Waals surface area contributed by atoms with E-state index in [1.54, 1.807) is 47.5 Å². The van der Waals surface area contributed by atoms with Gasteiger partial charge < -0.3 is 35.4 Å². The maximum Gasteiger partial charge on any atom is 0.410 e. The van der Waals surface area contributed by atoms with Gasteiger partial charge in [-0.2, -0.15) is 0 Å². The Labute approximate surface area is 243 Å². The van der Waals surface area contributed by atoms with Gasteiger partial charge in [-0.05, 0) is 36.2 Å². The lowest BCUT2D eigenvalue weighted by molar-refractivity contribution is -0.139. The van der Waals surface area contributed by atoms with E-state index in [9.17, 15) is 24.3 Å². The van der Waals surface area contributed by atoms with Crippen molar-refractivity contribution < 1.29 is 33.8 Å². The fourth-order valence-electron chi connectivity index (χ4n) is 4.40. The monoisotopic (exact) mass is 575 g/mol. The third-order valence-electron chi connectivity index (χ3n) is 6.59. The number of pyridine rings is 1. The summed E-state index contributed by atoms with van der Waals surface area (Å²) in [6.45, 7) is 0.0492. The van der Waals surface area contributed by atoms with Gasteiger partial charge >= 0.3 is 12.1 Å². The van der Waals surface area contributed by atoms with E-state index < -0.39 is 36.0 Å². The second kappa shape index (κ2) is 15.1. The highest BCUT2D eigenvalue weighted by Gasteiger charge is 2.37. The van der Waals surface area contributed by atoms with Crippen molar-refractivity contribution in [2.75, 3.05) is 31.6 Å².